The topological polar surface area (TPSA) is 77.3 Å². The molecule has 1 N–H and O–H groups in total. The normalized spacial score (nSPS) is 10.1. The summed E-state index contributed by atoms with van der Waals surface area (Å²) in [7, 11) is 0. The van der Waals surface area contributed by atoms with Crippen LogP contribution in [-0.2, 0) is 0 Å². The molecule has 0 atom stereocenters. The van der Waals surface area contributed by atoms with Crippen molar-refractivity contribution in [3.63, 3.8) is 0 Å². The summed E-state index contributed by atoms with van der Waals surface area (Å²) in [6, 6.07) is 5.98. The maximum atomic E-state index is 10.7. The second-order valence-corrected chi connectivity index (χ2v) is 4.32. The largest absolute Gasteiger partial charge is 0.456 e. The van der Waals surface area contributed by atoms with Gasteiger partial charge in [0.2, 0.25) is 0 Å². The molecule has 6 nitrogen and oxygen atoms in total. The lowest BCUT2D eigenvalue weighted by molar-refractivity contribution is -0.384. The van der Waals surface area contributed by atoms with Gasteiger partial charge >= 0.3 is 0 Å². The van der Waals surface area contributed by atoms with Crippen LogP contribution in [0.3, 0.4) is 0 Å². The molecule has 7 heteroatoms. The highest BCUT2D eigenvalue weighted by Crippen LogP contribution is 2.31. The van der Waals surface area contributed by atoms with Gasteiger partial charge in [0.1, 0.15) is 16.5 Å². The molecule has 2 rings (SSSR count). The Bertz CT molecular complexity index is 634. The Labute approximate surface area is 120 Å². The summed E-state index contributed by atoms with van der Waals surface area (Å²) < 4.78 is 5.57. The van der Waals surface area contributed by atoms with Gasteiger partial charge in [-0.05, 0) is 13.0 Å². The van der Waals surface area contributed by atoms with E-state index in [2.05, 4.69) is 10.3 Å². The monoisotopic (exact) mass is 293 g/mol. The van der Waals surface area contributed by atoms with Gasteiger partial charge in [0, 0.05) is 24.7 Å². The molecule has 0 aliphatic heterocycles. The van der Waals surface area contributed by atoms with Crippen LogP contribution in [0.2, 0.25) is 5.02 Å². The molecule has 2 aromatic rings. The molecule has 0 bridgehead atoms. The second kappa shape index (κ2) is 6.21. The highest BCUT2D eigenvalue weighted by Gasteiger charge is 2.13. The Morgan fingerprint density at radius 2 is 2.15 bits per heavy atom. The summed E-state index contributed by atoms with van der Waals surface area (Å²) in [4.78, 5) is 14.2. The fourth-order valence-electron chi connectivity index (χ4n) is 1.61. The number of hydrogen-bond donors (Lipinski definition) is 1. The van der Waals surface area contributed by atoms with Crippen LogP contribution in [0.25, 0.3) is 0 Å². The zero-order valence-corrected chi connectivity index (χ0v) is 11.4. The van der Waals surface area contributed by atoms with Crippen LogP contribution in [0.5, 0.6) is 11.5 Å². The summed E-state index contributed by atoms with van der Waals surface area (Å²) >= 11 is 5.82. The van der Waals surface area contributed by atoms with Crippen molar-refractivity contribution in [3.05, 3.63) is 51.8 Å². The van der Waals surface area contributed by atoms with Crippen molar-refractivity contribution in [3.8, 4) is 11.5 Å². The van der Waals surface area contributed by atoms with Crippen LogP contribution >= 0.6 is 11.6 Å². The Hall–Kier alpha value is -2.34. The fourth-order valence-corrected chi connectivity index (χ4v) is 1.85. The lowest BCUT2D eigenvalue weighted by Crippen LogP contribution is -1.97. The molecule has 104 valence electrons. The van der Waals surface area contributed by atoms with Crippen molar-refractivity contribution < 1.29 is 9.66 Å². The van der Waals surface area contributed by atoms with Gasteiger partial charge in [-0.2, -0.15) is 0 Å². The summed E-state index contributed by atoms with van der Waals surface area (Å²) in [5.74, 6) is 0.935. The molecular formula is C13H12ClN3O3. The molecule has 0 radical (unpaired) electrons. The van der Waals surface area contributed by atoms with Crippen LogP contribution < -0.4 is 10.1 Å². The van der Waals surface area contributed by atoms with Crippen LogP contribution in [-0.4, -0.2) is 16.5 Å². The molecule has 0 aliphatic rings. The van der Waals surface area contributed by atoms with Crippen LogP contribution in [0, 0.1) is 10.1 Å². The number of nitrogens with one attached hydrogen (secondary N) is 1. The third kappa shape index (κ3) is 3.36. The van der Waals surface area contributed by atoms with E-state index in [1.54, 1.807) is 18.5 Å². The molecule has 0 saturated carbocycles. The van der Waals surface area contributed by atoms with E-state index in [1.807, 2.05) is 6.92 Å². The number of aromatic nitrogens is 1. The fraction of sp³-hybridized carbons (Fsp3) is 0.154. The van der Waals surface area contributed by atoms with Gasteiger partial charge in [-0.3, -0.25) is 15.1 Å². The van der Waals surface area contributed by atoms with E-state index in [0.717, 1.165) is 12.2 Å². The summed E-state index contributed by atoms with van der Waals surface area (Å²) in [5.41, 5.74) is 0.677. The molecule has 1 aromatic heterocycles. The maximum absolute atomic E-state index is 10.7. The highest BCUT2D eigenvalue weighted by molar-refractivity contribution is 6.32. The van der Waals surface area contributed by atoms with Gasteiger partial charge in [-0.25, -0.2) is 0 Å². The van der Waals surface area contributed by atoms with Crippen molar-refractivity contribution in [1.82, 2.24) is 4.98 Å². The Morgan fingerprint density at radius 3 is 2.80 bits per heavy atom. The quantitative estimate of drug-likeness (QED) is 0.669. The first-order valence-electron chi connectivity index (χ1n) is 5.91. The minimum absolute atomic E-state index is 0.0308. The predicted molar refractivity (Wildman–Crippen MR) is 76.6 cm³/mol. The van der Waals surface area contributed by atoms with E-state index in [-0.39, 0.29) is 10.7 Å². The van der Waals surface area contributed by atoms with Crippen molar-refractivity contribution in [2.75, 3.05) is 11.9 Å². The number of benzene rings is 1. The van der Waals surface area contributed by atoms with E-state index in [1.165, 1.54) is 18.2 Å². The summed E-state index contributed by atoms with van der Waals surface area (Å²) in [6.07, 6.45) is 3.23. The lowest BCUT2D eigenvalue weighted by atomic mass is 10.3. The molecule has 0 saturated heterocycles. The molecule has 0 amide bonds. The van der Waals surface area contributed by atoms with Gasteiger partial charge in [-0.1, -0.05) is 11.6 Å². The number of hydrogen-bond acceptors (Lipinski definition) is 5. The third-order valence-electron chi connectivity index (χ3n) is 2.45. The number of nitro groups is 1. The first-order valence-corrected chi connectivity index (χ1v) is 6.28. The molecular weight excluding hydrogens is 282 g/mol. The second-order valence-electron chi connectivity index (χ2n) is 3.91. The lowest BCUT2D eigenvalue weighted by Gasteiger charge is -2.08. The molecule has 20 heavy (non-hydrogen) atoms. The number of nitro benzene ring substituents is 1. The average Bonchev–Trinajstić information content (AvgIpc) is 2.39. The zero-order chi connectivity index (χ0) is 14.5. The third-order valence-corrected chi connectivity index (χ3v) is 2.75. The SMILES string of the molecule is CCNc1cncc(Oc2ccc([N+](=O)[O-])c(Cl)c2)c1. The van der Waals surface area contributed by atoms with Crippen molar-refractivity contribution >= 4 is 23.0 Å². The van der Waals surface area contributed by atoms with Crippen molar-refractivity contribution in [2.24, 2.45) is 0 Å². The smallest absolute Gasteiger partial charge is 0.288 e. The van der Waals surface area contributed by atoms with E-state index in [4.69, 9.17) is 16.3 Å². The number of ether oxygens (including phenoxy) is 1. The number of nitrogens with zero attached hydrogens (tertiary/aromatic N) is 2. The van der Waals surface area contributed by atoms with Crippen LogP contribution in [0.1, 0.15) is 6.92 Å². The predicted octanol–water partition coefficient (Wildman–Crippen LogP) is 3.87. The number of anilines is 1. The minimum Gasteiger partial charge on any atom is -0.456 e. The molecule has 1 heterocycles. The highest BCUT2D eigenvalue weighted by atomic mass is 35.5. The van der Waals surface area contributed by atoms with Crippen LogP contribution in [0.4, 0.5) is 11.4 Å². The molecule has 0 spiro atoms. The minimum atomic E-state index is -0.542. The Kier molecular flexibility index (Phi) is 4.37. The number of rotatable bonds is 5. The first kappa shape index (κ1) is 14.1. The average molecular weight is 294 g/mol. The van der Waals surface area contributed by atoms with Gasteiger partial charge in [0.15, 0.2) is 0 Å². The van der Waals surface area contributed by atoms with Gasteiger partial charge in [0.25, 0.3) is 5.69 Å². The van der Waals surface area contributed by atoms with E-state index < -0.39 is 4.92 Å². The van der Waals surface area contributed by atoms with E-state index in [0.29, 0.717) is 11.5 Å². The van der Waals surface area contributed by atoms with Gasteiger partial charge in [0.05, 0.1) is 23.0 Å². The molecule has 0 fully saturated rings. The number of pyridine rings is 1. The zero-order valence-electron chi connectivity index (χ0n) is 10.7. The van der Waals surface area contributed by atoms with Crippen LogP contribution in [0.15, 0.2) is 36.7 Å². The number of halogens is 1. The summed E-state index contributed by atoms with van der Waals surface area (Å²) in [5, 5.41) is 13.8. The van der Waals surface area contributed by atoms with E-state index in [9.17, 15) is 10.1 Å². The Balaban J connectivity index is 2.19. The molecule has 0 unspecified atom stereocenters. The maximum Gasteiger partial charge on any atom is 0.288 e. The Morgan fingerprint density at radius 1 is 1.35 bits per heavy atom. The molecule has 0 aliphatic carbocycles. The summed E-state index contributed by atoms with van der Waals surface area (Å²) in [6.45, 7) is 2.75. The van der Waals surface area contributed by atoms with Gasteiger partial charge < -0.3 is 10.1 Å². The van der Waals surface area contributed by atoms with E-state index >= 15 is 0 Å². The molecule has 1 aromatic carbocycles. The van der Waals surface area contributed by atoms with Gasteiger partial charge in [-0.15, -0.1) is 0 Å². The first-order chi connectivity index (χ1) is 9.60. The van der Waals surface area contributed by atoms with Crippen molar-refractivity contribution in [2.45, 2.75) is 6.92 Å². The standard InChI is InChI=1S/C13H12ClN3O3/c1-2-16-9-5-11(8-15-7-9)20-10-3-4-13(17(18)19)12(14)6-10/h3-8,16H,2H2,1H3. The van der Waals surface area contributed by atoms with Crippen molar-refractivity contribution in [1.29, 1.82) is 0 Å².